The van der Waals surface area contributed by atoms with E-state index in [1.54, 1.807) is 18.2 Å². The van der Waals surface area contributed by atoms with Crippen LogP contribution in [0.2, 0.25) is 0 Å². The maximum absolute atomic E-state index is 12.4. The lowest BCUT2D eigenvalue weighted by Crippen LogP contribution is -2.29. The van der Waals surface area contributed by atoms with E-state index in [2.05, 4.69) is 5.32 Å². The fraction of sp³-hybridized carbons (Fsp3) is 0.188. The lowest BCUT2D eigenvalue weighted by molar-refractivity contribution is 0.0927. The van der Waals surface area contributed by atoms with Crippen LogP contribution >= 0.6 is 0 Å². The van der Waals surface area contributed by atoms with Crippen molar-refractivity contribution < 1.29 is 14.3 Å². The van der Waals surface area contributed by atoms with Gasteiger partial charge in [-0.15, -0.1) is 0 Å². The summed E-state index contributed by atoms with van der Waals surface area (Å²) in [6.45, 7) is 0.426. The van der Waals surface area contributed by atoms with Crippen LogP contribution in [-0.2, 0) is 0 Å². The molecule has 0 bridgehead atoms. The van der Waals surface area contributed by atoms with Crippen LogP contribution < -0.4 is 20.5 Å². The number of nitrogens with one attached hydrogen (secondary N) is 1. The van der Waals surface area contributed by atoms with E-state index in [9.17, 15) is 4.79 Å². The van der Waals surface area contributed by atoms with Gasteiger partial charge >= 0.3 is 0 Å². The van der Waals surface area contributed by atoms with Crippen molar-refractivity contribution in [2.75, 3.05) is 19.5 Å². The minimum atomic E-state index is -0.232. The highest BCUT2D eigenvalue weighted by molar-refractivity contribution is 5.98. The van der Waals surface area contributed by atoms with Crippen molar-refractivity contribution in [1.29, 1.82) is 0 Å². The highest BCUT2D eigenvalue weighted by Gasteiger charge is 2.26. The molecule has 108 valence electrons. The Hall–Kier alpha value is -2.69. The molecule has 5 heteroatoms. The van der Waals surface area contributed by atoms with Gasteiger partial charge in [-0.2, -0.15) is 0 Å². The number of rotatable bonds is 3. The van der Waals surface area contributed by atoms with E-state index in [0.717, 1.165) is 11.3 Å². The van der Waals surface area contributed by atoms with Crippen LogP contribution in [0.25, 0.3) is 0 Å². The SMILES string of the molecule is COc1c(N)cccc1C(=O)NC1COc2ccccc21. The fourth-order valence-electron chi connectivity index (χ4n) is 2.48. The van der Waals surface area contributed by atoms with Crippen molar-refractivity contribution in [3.05, 3.63) is 53.6 Å². The molecule has 0 fully saturated rings. The Labute approximate surface area is 122 Å². The Balaban J connectivity index is 1.84. The molecule has 0 aliphatic carbocycles. The summed E-state index contributed by atoms with van der Waals surface area (Å²) in [4.78, 5) is 12.4. The molecule has 3 N–H and O–H groups in total. The molecular weight excluding hydrogens is 268 g/mol. The number of methoxy groups -OCH3 is 1. The zero-order valence-corrected chi connectivity index (χ0v) is 11.6. The molecule has 0 aromatic heterocycles. The predicted octanol–water partition coefficient (Wildman–Crippen LogP) is 2.14. The Bertz CT molecular complexity index is 685. The summed E-state index contributed by atoms with van der Waals surface area (Å²) in [5, 5.41) is 2.95. The lowest BCUT2D eigenvalue weighted by atomic mass is 10.1. The van der Waals surface area contributed by atoms with E-state index in [1.165, 1.54) is 7.11 Å². The number of hydrogen-bond acceptors (Lipinski definition) is 4. The van der Waals surface area contributed by atoms with Crippen LogP contribution in [0.1, 0.15) is 22.0 Å². The number of carbonyl (C=O) groups is 1. The van der Waals surface area contributed by atoms with E-state index in [1.807, 2.05) is 24.3 Å². The molecule has 1 atom stereocenters. The third kappa shape index (κ3) is 2.38. The molecule has 1 aliphatic heterocycles. The van der Waals surface area contributed by atoms with Crippen molar-refractivity contribution in [3.63, 3.8) is 0 Å². The van der Waals surface area contributed by atoms with E-state index in [0.29, 0.717) is 23.6 Å². The van der Waals surface area contributed by atoms with Gasteiger partial charge in [0.2, 0.25) is 0 Å². The number of carbonyl (C=O) groups excluding carboxylic acids is 1. The van der Waals surface area contributed by atoms with Crippen molar-refractivity contribution in [2.45, 2.75) is 6.04 Å². The van der Waals surface area contributed by atoms with Gasteiger partial charge < -0.3 is 20.5 Å². The van der Waals surface area contributed by atoms with Crippen LogP contribution in [0.5, 0.6) is 11.5 Å². The third-order valence-electron chi connectivity index (χ3n) is 3.50. The zero-order valence-electron chi connectivity index (χ0n) is 11.6. The Morgan fingerprint density at radius 2 is 2.10 bits per heavy atom. The largest absolute Gasteiger partial charge is 0.494 e. The van der Waals surface area contributed by atoms with E-state index < -0.39 is 0 Å². The molecular formula is C16H16N2O3. The lowest BCUT2D eigenvalue weighted by Gasteiger charge is -2.14. The molecule has 5 nitrogen and oxygen atoms in total. The van der Waals surface area contributed by atoms with Crippen LogP contribution in [0.4, 0.5) is 5.69 Å². The maximum Gasteiger partial charge on any atom is 0.255 e. The van der Waals surface area contributed by atoms with Crippen LogP contribution in [0.3, 0.4) is 0 Å². The maximum atomic E-state index is 12.4. The number of nitrogen functional groups attached to an aromatic ring is 1. The molecule has 0 spiro atoms. The Kier molecular flexibility index (Phi) is 3.39. The van der Waals surface area contributed by atoms with Crippen LogP contribution in [-0.4, -0.2) is 19.6 Å². The van der Waals surface area contributed by atoms with Gasteiger partial charge in [-0.05, 0) is 18.2 Å². The molecule has 3 rings (SSSR count). The molecule has 1 aliphatic rings. The minimum absolute atomic E-state index is 0.167. The molecule has 0 saturated heterocycles. The highest BCUT2D eigenvalue weighted by Crippen LogP contribution is 2.32. The first-order valence-corrected chi connectivity index (χ1v) is 6.65. The summed E-state index contributed by atoms with van der Waals surface area (Å²) < 4.78 is 10.8. The van der Waals surface area contributed by atoms with Gasteiger partial charge in [-0.3, -0.25) is 4.79 Å². The molecule has 21 heavy (non-hydrogen) atoms. The summed E-state index contributed by atoms with van der Waals surface area (Å²) in [7, 11) is 1.50. The first-order chi connectivity index (χ1) is 10.2. The van der Waals surface area contributed by atoms with Gasteiger partial charge in [0.05, 0.1) is 24.4 Å². The van der Waals surface area contributed by atoms with Crippen molar-refractivity contribution in [3.8, 4) is 11.5 Å². The summed E-state index contributed by atoms with van der Waals surface area (Å²) in [5.41, 5.74) is 7.66. The number of amides is 1. The van der Waals surface area contributed by atoms with Gasteiger partial charge in [0.25, 0.3) is 5.91 Å². The smallest absolute Gasteiger partial charge is 0.255 e. The molecule has 2 aromatic carbocycles. The summed E-state index contributed by atoms with van der Waals surface area (Å²) in [6, 6.07) is 12.6. The first-order valence-electron chi connectivity index (χ1n) is 6.65. The standard InChI is InChI=1S/C16H16N2O3/c1-20-15-11(6-4-7-12(15)17)16(19)18-13-9-21-14-8-3-2-5-10(13)14/h2-8,13H,9,17H2,1H3,(H,18,19). The molecule has 2 aromatic rings. The predicted molar refractivity (Wildman–Crippen MR) is 79.6 cm³/mol. The second-order valence-electron chi connectivity index (χ2n) is 4.80. The Morgan fingerprint density at radius 3 is 2.90 bits per heavy atom. The molecule has 0 radical (unpaired) electrons. The fourth-order valence-corrected chi connectivity index (χ4v) is 2.48. The minimum Gasteiger partial charge on any atom is -0.494 e. The normalized spacial score (nSPS) is 16.0. The average molecular weight is 284 g/mol. The third-order valence-corrected chi connectivity index (χ3v) is 3.50. The average Bonchev–Trinajstić information content (AvgIpc) is 2.90. The summed E-state index contributed by atoms with van der Waals surface area (Å²) in [5.74, 6) is 0.967. The van der Waals surface area contributed by atoms with Crippen molar-refractivity contribution in [2.24, 2.45) is 0 Å². The first kappa shape index (κ1) is 13.3. The summed E-state index contributed by atoms with van der Waals surface area (Å²) >= 11 is 0. The van der Waals surface area contributed by atoms with E-state index >= 15 is 0 Å². The molecule has 1 unspecified atom stereocenters. The number of fused-ring (bicyclic) bond motifs is 1. The highest BCUT2D eigenvalue weighted by atomic mass is 16.5. The zero-order chi connectivity index (χ0) is 14.8. The van der Waals surface area contributed by atoms with Crippen LogP contribution in [0.15, 0.2) is 42.5 Å². The van der Waals surface area contributed by atoms with E-state index in [4.69, 9.17) is 15.2 Å². The molecule has 0 saturated carbocycles. The van der Waals surface area contributed by atoms with Gasteiger partial charge in [0.1, 0.15) is 12.4 Å². The van der Waals surface area contributed by atoms with Crippen LogP contribution in [0, 0.1) is 0 Å². The number of anilines is 1. The van der Waals surface area contributed by atoms with Gasteiger partial charge in [0, 0.05) is 5.56 Å². The topological polar surface area (TPSA) is 73.6 Å². The molecule has 1 heterocycles. The quantitative estimate of drug-likeness (QED) is 0.847. The monoisotopic (exact) mass is 284 g/mol. The number of ether oxygens (including phenoxy) is 2. The molecule has 1 amide bonds. The number of hydrogen-bond donors (Lipinski definition) is 2. The number of benzene rings is 2. The van der Waals surface area contributed by atoms with Gasteiger partial charge in [0.15, 0.2) is 5.75 Å². The Morgan fingerprint density at radius 1 is 1.29 bits per heavy atom. The van der Waals surface area contributed by atoms with E-state index in [-0.39, 0.29) is 11.9 Å². The second-order valence-corrected chi connectivity index (χ2v) is 4.80. The van der Waals surface area contributed by atoms with Crippen molar-refractivity contribution >= 4 is 11.6 Å². The van der Waals surface area contributed by atoms with Gasteiger partial charge in [-0.25, -0.2) is 0 Å². The number of nitrogens with two attached hydrogens (primary N) is 1. The van der Waals surface area contributed by atoms with Gasteiger partial charge in [-0.1, -0.05) is 24.3 Å². The summed E-state index contributed by atoms with van der Waals surface area (Å²) in [6.07, 6.45) is 0. The van der Waals surface area contributed by atoms with Crippen molar-refractivity contribution in [1.82, 2.24) is 5.32 Å². The second kappa shape index (κ2) is 5.36. The number of para-hydroxylation sites is 2.